The van der Waals surface area contributed by atoms with Crippen molar-refractivity contribution in [3.63, 3.8) is 0 Å². The van der Waals surface area contributed by atoms with Crippen LogP contribution >= 0.6 is 0 Å². The molecular formula is C23H29N3O4S. The number of rotatable bonds is 6. The second kappa shape index (κ2) is 8.80. The normalized spacial score (nSPS) is 20.0. The van der Waals surface area contributed by atoms with Gasteiger partial charge in [0.15, 0.2) is 0 Å². The van der Waals surface area contributed by atoms with Crippen molar-refractivity contribution in [2.24, 2.45) is 0 Å². The Bertz CT molecular complexity index is 1090. The molecule has 1 fully saturated rings. The third-order valence-corrected chi connectivity index (χ3v) is 7.46. The number of nitrogens with zero attached hydrogens (tertiary/aromatic N) is 2. The number of piperazine rings is 1. The van der Waals surface area contributed by atoms with E-state index in [-0.39, 0.29) is 25.4 Å². The standard InChI is InChI=1S/C23H29N3O4S/c1-5-31(29,30)25-15-21(27)26(20-13-17(2)11-12-18(20)3)23(4,16-25)22(28)24-14-19-9-7-6-8-10-19/h6-13H,5,14-16H2,1-4H3,(H,24,28)/t23-/m0/s1. The van der Waals surface area contributed by atoms with Gasteiger partial charge in [-0.25, -0.2) is 8.42 Å². The number of nitrogens with one attached hydrogen (secondary N) is 1. The summed E-state index contributed by atoms with van der Waals surface area (Å²) in [7, 11) is -3.64. The van der Waals surface area contributed by atoms with Crippen LogP contribution in [0.3, 0.4) is 0 Å². The van der Waals surface area contributed by atoms with Gasteiger partial charge in [-0.15, -0.1) is 0 Å². The Morgan fingerprint density at radius 1 is 1.13 bits per heavy atom. The molecule has 1 heterocycles. The van der Waals surface area contributed by atoms with Gasteiger partial charge in [0.2, 0.25) is 21.8 Å². The second-order valence-electron chi connectivity index (χ2n) is 8.13. The fourth-order valence-electron chi connectivity index (χ4n) is 3.85. The molecule has 2 aromatic rings. The first-order valence-electron chi connectivity index (χ1n) is 10.3. The number of benzene rings is 2. The number of aryl methyl sites for hydroxylation is 2. The van der Waals surface area contributed by atoms with E-state index in [4.69, 9.17) is 0 Å². The average molecular weight is 444 g/mol. The first-order chi connectivity index (χ1) is 14.6. The molecule has 1 aliphatic rings. The molecule has 0 spiro atoms. The first-order valence-corrected chi connectivity index (χ1v) is 11.9. The summed E-state index contributed by atoms with van der Waals surface area (Å²) in [6.45, 7) is 6.84. The van der Waals surface area contributed by atoms with Crippen molar-refractivity contribution in [3.8, 4) is 0 Å². The molecule has 31 heavy (non-hydrogen) atoms. The average Bonchev–Trinajstić information content (AvgIpc) is 2.74. The Kier molecular flexibility index (Phi) is 6.52. The van der Waals surface area contributed by atoms with E-state index in [0.717, 1.165) is 21.0 Å². The molecule has 2 aromatic carbocycles. The summed E-state index contributed by atoms with van der Waals surface area (Å²) in [6.07, 6.45) is 0. The van der Waals surface area contributed by atoms with Crippen molar-refractivity contribution < 1.29 is 18.0 Å². The van der Waals surface area contributed by atoms with E-state index in [0.29, 0.717) is 5.69 Å². The zero-order chi connectivity index (χ0) is 22.8. The van der Waals surface area contributed by atoms with Gasteiger partial charge in [0.25, 0.3) is 0 Å². The predicted molar refractivity (Wildman–Crippen MR) is 121 cm³/mol. The number of carbonyl (C=O) groups excluding carboxylic acids is 2. The van der Waals surface area contributed by atoms with E-state index in [2.05, 4.69) is 5.32 Å². The van der Waals surface area contributed by atoms with Crippen molar-refractivity contribution >= 4 is 27.5 Å². The maximum Gasteiger partial charge on any atom is 0.247 e. The topological polar surface area (TPSA) is 86.8 Å². The third kappa shape index (κ3) is 4.65. The van der Waals surface area contributed by atoms with Crippen LogP contribution in [-0.4, -0.2) is 48.9 Å². The molecule has 0 radical (unpaired) electrons. The Hall–Kier alpha value is -2.71. The highest BCUT2D eigenvalue weighted by molar-refractivity contribution is 7.89. The van der Waals surface area contributed by atoms with E-state index < -0.39 is 27.4 Å². The molecule has 0 aromatic heterocycles. The SMILES string of the molecule is CCS(=O)(=O)N1CC(=O)N(c2cc(C)ccc2C)[C@](C)(C(=O)NCc2ccccc2)C1. The van der Waals surface area contributed by atoms with Crippen LogP contribution in [0, 0.1) is 13.8 Å². The molecular weight excluding hydrogens is 414 g/mol. The van der Waals surface area contributed by atoms with Crippen molar-refractivity contribution in [1.82, 2.24) is 9.62 Å². The summed E-state index contributed by atoms with van der Waals surface area (Å²) in [5.41, 5.74) is 1.93. The summed E-state index contributed by atoms with van der Waals surface area (Å²) in [5.74, 6) is -0.957. The second-order valence-corrected chi connectivity index (χ2v) is 10.4. The highest BCUT2D eigenvalue weighted by Gasteiger charge is 2.50. The number of anilines is 1. The molecule has 7 nitrogen and oxygen atoms in total. The van der Waals surface area contributed by atoms with E-state index in [1.54, 1.807) is 6.92 Å². The molecule has 1 N–H and O–H groups in total. The summed E-state index contributed by atoms with van der Waals surface area (Å²) >= 11 is 0. The van der Waals surface area contributed by atoms with Crippen molar-refractivity contribution in [2.45, 2.75) is 39.8 Å². The summed E-state index contributed by atoms with van der Waals surface area (Å²) in [6, 6.07) is 15.1. The molecule has 166 valence electrons. The molecule has 3 rings (SSSR count). The van der Waals surface area contributed by atoms with Crippen LogP contribution in [0.25, 0.3) is 0 Å². The van der Waals surface area contributed by atoms with Crippen molar-refractivity contribution in [3.05, 3.63) is 65.2 Å². The van der Waals surface area contributed by atoms with Gasteiger partial charge in [-0.2, -0.15) is 4.31 Å². The van der Waals surface area contributed by atoms with Gasteiger partial charge >= 0.3 is 0 Å². The minimum atomic E-state index is -3.64. The molecule has 1 aliphatic heterocycles. The van der Waals surface area contributed by atoms with Crippen LogP contribution in [0.5, 0.6) is 0 Å². The van der Waals surface area contributed by atoms with Crippen molar-refractivity contribution in [2.75, 3.05) is 23.7 Å². The molecule has 0 unspecified atom stereocenters. The van der Waals surface area contributed by atoms with Crippen molar-refractivity contribution in [1.29, 1.82) is 0 Å². The van der Waals surface area contributed by atoms with Crippen LogP contribution in [0.2, 0.25) is 0 Å². The van der Waals surface area contributed by atoms with Gasteiger partial charge in [-0.3, -0.25) is 14.5 Å². The van der Waals surface area contributed by atoms with Crippen LogP contribution in [0.1, 0.15) is 30.5 Å². The predicted octanol–water partition coefficient (Wildman–Crippen LogP) is 2.38. The quantitative estimate of drug-likeness (QED) is 0.743. The fourth-order valence-corrected chi connectivity index (χ4v) is 4.97. The minimum Gasteiger partial charge on any atom is -0.350 e. The zero-order valence-electron chi connectivity index (χ0n) is 18.4. The maximum atomic E-state index is 13.5. The summed E-state index contributed by atoms with van der Waals surface area (Å²) in [4.78, 5) is 28.2. The summed E-state index contributed by atoms with van der Waals surface area (Å²) < 4.78 is 26.3. The molecule has 2 amide bonds. The first kappa shape index (κ1) is 23.0. The monoisotopic (exact) mass is 443 g/mol. The lowest BCUT2D eigenvalue weighted by Crippen LogP contribution is -2.70. The van der Waals surface area contributed by atoms with Crippen LogP contribution in [0.15, 0.2) is 48.5 Å². The van der Waals surface area contributed by atoms with Gasteiger partial charge in [-0.05, 0) is 50.5 Å². The number of hydrogen-bond acceptors (Lipinski definition) is 4. The largest absolute Gasteiger partial charge is 0.350 e. The maximum absolute atomic E-state index is 13.5. The Balaban J connectivity index is 2.02. The van der Waals surface area contributed by atoms with E-state index in [1.165, 1.54) is 11.8 Å². The van der Waals surface area contributed by atoms with E-state index in [9.17, 15) is 18.0 Å². The number of sulfonamides is 1. The molecule has 0 saturated carbocycles. The zero-order valence-corrected chi connectivity index (χ0v) is 19.2. The Morgan fingerprint density at radius 3 is 2.45 bits per heavy atom. The Labute approximate surface area is 184 Å². The lowest BCUT2D eigenvalue weighted by Gasteiger charge is -2.47. The van der Waals surface area contributed by atoms with Gasteiger partial charge in [0, 0.05) is 18.8 Å². The van der Waals surface area contributed by atoms with Gasteiger partial charge in [0.05, 0.1) is 12.3 Å². The molecule has 1 saturated heterocycles. The van der Waals surface area contributed by atoms with Gasteiger partial charge in [0.1, 0.15) is 5.54 Å². The smallest absolute Gasteiger partial charge is 0.247 e. The van der Waals surface area contributed by atoms with E-state index >= 15 is 0 Å². The highest BCUT2D eigenvalue weighted by atomic mass is 32.2. The van der Waals surface area contributed by atoms with Crippen LogP contribution in [0.4, 0.5) is 5.69 Å². The molecule has 1 atom stereocenters. The van der Waals surface area contributed by atoms with Crippen LogP contribution in [-0.2, 0) is 26.2 Å². The lowest BCUT2D eigenvalue weighted by molar-refractivity contribution is -0.133. The third-order valence-electron chi connectivity index (χ3n) is 5.69. The minimum absolute atomic E-state index is 0.108. The van der Waals surface area contributed by atoms with Gasteiger partial charge in [-0.1, -0.05) is 42.5 Å². The Morgan fingerprint density at radius 2 is 1.81 bits per heavy atom. The fraction of sp³-hybridized carbons (Fsp3) is 0.391. The lowest BCUT2D eigenvalue weighted by atomic mass is 9.93. The number of amides is 2. The molecule has 0 bridgehead atoms. The molecule has 0 aliphatic carbocycles. The number of hydrogen-bond donors (Lipinski definition) is 1. The summed E-state index contributed by atoms with van der Waals surface area (Å²) in [5, 5.41) is 2.90. The molecule has 8 heteroatoms. The number of carbonyl (C=O) groups is 2. The van der Waals surface area contributed by atoms with Crippen LogP contribution < -0.4 is 10.2 Å². The van der Waals surface area contributed by atoms with E-state index in [1.807, 2.05) is 62.4 Å². The van der Waals surface area contributed by atoms with Gasteiger partial charge < -0.3 is 5.32 Å². The highest BCUT2D eigenvalue weighted by Crippen LogP contribution is 2.33.